The first-order valence-electron chi connectivity index (χ1n) is 4.05. The van der Waals surface area contributed by atoms with E-state index in [4.69, 9.17) is 4.74 Å². The third kappa shape index (κ3) is 3.23. The minimum absolute atomic E-state index is 0.631. The van der Waals surface area contributed by atoms with Gasteiger partial charge in [-0.15, -0.1) is 0 Å². The molecule has 0 saturated heterocycles. The molecular formula is C9H16N2O. The molecule has 0 unspecified atom stereocenters. The van der Waals surface area contributed by atoms with E-state index in [0.717, 1.165) is 5.82 Å². The summed E-state index contributed by atoms with van der Waals surface area (Å²) >= 11 is 0. The largest absolute Gasteiger partial charge is 0.481 e. The number of ether oxygens (including phenoxy) is 1. The average Bonchev–Trinajstić information content (AvgIpc) is 2.21. The van der Waals surface area contributed by atoms with Crippen LogP contribution in [0.5, 0.6) is 5.88 Å². The lowest BCUT2D eigenvalue weighted by Gasteiger charge is -2.00. The van der Waals surface area contributed by atoms with Crippen LogP contribution in [0.3, 0.4) is 0 Å². The molecule has 0 atom stereocenters. The highest BCUT2D eigenvalue weighted by molar-refractivity contribution is 5.35. The van der Waals surface area contributed by atoms with E-state index in [2.05, 4.69) is 10.3 Å². The highest BCUT2D eigenvalue weighted by Crippen LogP contribution is 2.08. The van der Waals surface area contributed by atoms with Gasteiger partial charge in [0.15, 0.2) is 0 Å². The van der Waals surface area contributed by atoms with Gasteiger partial charge in [0.1, 0.15) is 5.82 Å². The van der Waals surface area contributed by atoms with Crippen LogP contribution in [0, 0.1) is 0 Å². The first kappa shape index (κ1) is 10.8. The summed E-state index contributed by atoms with van der Waals surface area (Å²) in [6.07, 6.45) is 0. The summed E-state index contributed by atoms with van der Waals surface area (Å²) in [4.78, 5) is 4.08. The quantitative estimate of drug-likeness (QED) is 0.734. The van der Waals surface area contributed by atoms with E-state index in [1.165, 1.54) is 0 Å². The zero-order chi connectivity index (χ0) is 9.40. The van der Waals surface area contributed by atoms with E-state index in [0.29, 0.717) is 5.88 Å². The fourth-order valence-electron chi connectivity index (χ4n) is 0.668. The molecule has 3 nitrogen and oxygen atoms in total. The van der Waals surface area contributed by atoms with Crippen molar-refractivity contribution in [1.29, 1.82) is 0 Å². The van der Waals surface area contributed by atoms with Crippen LogP contribution in [-0.2, 0) is 0 Å². The Morgan fingerprint density at radius 3 is 2.50 bits per heavy atom. The topological polar surface area (TPSA) is 34.1 Å². The van der Waals surface area contributed by atoms with E-state index in [-0.39, 0.29) is 0 Å². The Hall–Kier alpha value is -1.25. The molecule has 1 rings (SSSR count). The molecule has 0 fully saturated rings. The average molecular weight is 168 g/mol. The van der Waals surface area contributed by atoms with E-state index >= 15 is 0 Å². The number of anilines is 1. The molecule has 1 heterocycles. The number of hydrogen-bond donors (Lipinski definition) is 1. The van der Waals surface area contributed by atoms with E-state index in [1.807, 2.05) is 33.0 Å². The zero-order valence-electron chi connectivity index (χ0n) is 8.09. The molecule has 3 heteroatoms. The molecular weight excluding hydrogens is 152 g/mol. The molecule has 0 saturated carbocycles. The maximum absolute atomic E-state index is 4.91. The highest BCUT2D eigenvalue weighted by Gasteiger charge is 1.91. The van der Waals surface area contributed by atoms with Crippen molar-refractivity contribution in [2.45, 2.75) is 13.8 Å². The Morgan fingerprint density at radius 1 is 1.33 bits per heavy atom. The standard InChI is InChI=1S/C7H10N2O.C2H6/c1-8-6-4-3-5-7(9-6)10-2;1-2/h3-5H,1-2H3,(H,8,9);1-2H3. The van der Waals surface area contributed by atoms with Crippen LogP contribution < -0.4 is 10.1 Å². The van der Waals surface area contributed by atoms with Gasteiger partial charge in [-0.05, 0) is 6.07 Å². The van der Waals surface area contributed by atoms with Gasteiger partial charge in [0, 0.05) is 13.1 Å². The summed E-state index contributed by atoms with van der Waals surface area (Å²) in [5.74, 6) is 1.45. The number of nitrogens with zero attached hydrogens (tertiary/aromatic N) is 1. The maximum Gasteiger partial charge on any atom is 0.214 e. The number of methoxy groups -OCH3 is 1. The van der Waals surface area contributed by atoms with Crippen molar-refractivity contribution < 1.29 is 4.74 Å². The summed E-state index contributed by atoms with van der Waals surface area (Å²) in [5.41, 5.74) is 0. The Balaban J connectivity index is 0.000000561. The first-order chi connectivity index (χ1) is 5.86. The second kappa shape index (κ2) is 6.46. The molecule has 68 valence electrons. The predicted octanol–water partition coefficient (Wildman–Crippen LogP) is 2.16. The van der Waals surface area contributed by atoms with Crippen LogP contribution in [0.15, 0.2) is 18.2 Å². The summed E-state index contributed by atoms with van der Waals surface area (Å²) < 4.78 is 4.91. The Kier molecular flexibility index (Phi) is 5.79. The Bertz CT molecular complexity index is 194. The first-order valence-corrected chi connectivity index (χ1v) is 4.05. The van der Waals surface area contributed by atoms with Crippen LogP contribution in [0.4, 0.5) is 5.82 Å². The van der Waals surface area contributed by atoms with Crippen LogP contribution in [-0.4, -0.2) is 19.1 Å². The van der Waals surface area contributed by atoms with Gasteiger partial charge in [0.05, 0.1) is 7.11 Å². The van der Waals surface area contributed by atoms with Crippen LogP contribution in [0.2, 0.25) is 0 Å². The molecule has 1 aromatic heterocycles. The monoisotopic (exact) mass is 168 g/mol. The van der Waals surface area contributed by atoms with Gasteiger partial charge >= 0.3 is 0 Å². The van der Waals surface area contributed by atoms with Crippen molar-refractivity contribution in [2.75, 3.05) is 19.5 Å². The second-order valence-corrected chi connectivity index (χ2v) is 1.82. The smallest absolute Gasteiger partial charge is 0.214 e. The minimum atomic E-state index is 0.631. The van der Waals surface area contributed by atoms with Crippen molar-refractivity contribution in [3.05, 3.63) is 18.2 Å². The molecule has 0 spiro atoms. The molecule has 0 radical (unpaired) electrons. The highest BCUT2D eigenvalue weighted by atomic mass is 16.5. The van der Waals surface area contributed by atoms with Crippen molar-refractivity contribution >= 4 is 5.82 Å². The number of aromatic nitrogens is 1. The van der Waals surface area contributed by atoms with Crippen molar-refractivity contribution in [3.8, 4) is 5.88 Å². The molecule has 0 aromatic carbocycles. The van der Waals surface area contributed by atoms with Gasteiger partial charge in [-0.1, -0.05) is 19.9 Å². The molecule has 0 aliphatic heterocycles. The Morgan fingerprint density at radius 2 is 2.00 bits per heavy atom. The van der Waals surface area contributed by atoms with Gasteiger partial charge in [-0.25, -0.2) is 0 Å². The molecule has 1 N–H and O–H groups in total. The summed E-state index contributed by atoms with van der Waals surface area (Å²) in [5, 5.41) is 2.91. The lowest BCUT2D eigenvalue weighted by atomic mass is 10.4. The van der Waals surface area contributed by atoms with Crippen LogP contribution in [0.25, 0.3) is 0 Å². The number of rotatable bonds is 2. The lowest BCUT2D eigenvalue weighted by Crippen LogP contribution is -1.93. The van der Waals surface area contributed by atoms with Crippen molar-refractivity contribution in [3.63, 3.8) is 0 Å². The third-order valence-corrected chi connectivity index (χ3v) is 1.19. The van der Waals surface area contributed by atoms with E-state index < -0.39 is 0 Å². The fraction of sp³-hybridized carbons (Fsp3) is 0.444. The predicted molar refractivity (Wildman–Crippen MR) is 51.7 cm³/mol. The number of hydrogen-bond acceptors (Lipinski definition) is 3. The maximum atomic E-state index is 4.91. The molecule has 0 bridgehead atoms. The molecule has 12 heavy (non-hydrogen) atoms. The Labute approximate surface area is 73.8 Å². The lowest BCUT2D eigenvalue weighted by molar-refractivity contribution is 0.398. The number of pyridine rings is 1. The van der Waals surface area contributed by atoms with Crippen LogP contribution >= 0.6 is 0 Å². The third-order valence-electron chi connectivity index (χ3n) is 1.19. The molecule has 0 aliphatic rings. The number of nitrogens with one attached hydrogen (secondary N) is 1. The van der Waals surface area contributed by atoms with Gasteiger partial charge in [-0.3, -0.25) is 0 Å². The van der Waals surface area contributed by atoms with Gasteiger partial charge in [-0.2, -0.15) is 4.98 Å². The summed E-state index contributed by atoms with van der Waals surface area (Å²) in [7, 11) is 3.42. The van der Waals surface area contributed by atoms with Crippen molar-refractivity contribution in [2.24, 2.45) is 0 Å². The molecule has 0 aliphatic carbocycles. The summed E-state index contributed by atoms with van der Waals surface area (Å²) in [6, 6.07) is 5.57. The van der Waals surface area contributed by atoms with E-state index in [1.54, 1.807) is 13.2 Å². The molecule has 1 aromatic rings. The fourth-order valence-corrected chi connectivity index (χ4v) is 0.668. The minimum Gasteiger partial charge on any atom is -0.481 e. The van der Waals surface area contributed by atoms with Crippen LogP contribution in [0.1, 0.15) is 13.8 Å². The van der Waals surface area contributed by atoms with E-state index in [9.17, 15) is 0 Å². The zero-order valence-corrected chi connectivity index (χ0v) is 8.09. The normalized spacial score (nSPS) is 8.00. The van der Waals surface area contributed by atoms with Gasteiger partial charge in [0.25, 0.3) is 0 Å². The molecule has 0 amide bonds. The van der Waals surface area contributed by atoms with Gasteiger partial charge in [0.2, 0.25) is 5.88 Å². The SMILES string of the molecule is CC.CNc1cccc(OC)n1. The van der Waals surface area contributed by atoms with Crippen molar-refractivity contribution in [1.82, 2.24) is 4.98 Å². The van der Waals surface area contributed by atoms with Gasteiger partial charge < -0.3 is 10.1 Å². The summed E-state index contributed by atoms with van der Waals surface area (Å²) in [6.45, 7) is 4.00. The second-order valence-electron chi connectivity index (χ2n) is 1.82.